The van der Waals surface area contributed by atoms with Crippen molar-refractivity contribution in [2.75, 3.05) is 13.2 Å². The van der Waals surface area contributed by atoms with E-state index in [4.69, 9.17) is 22.7 Å². The molecular weight excluding hydrogens is 876 g/mol. The fourth-order valence-corrected chi connectivity index (χ4v) is 7.33. The number of aromatic nitrogens is 6. The quantitative estimate of drug-likeness (QED) is 0.0601. The van der Waals surface area contributed by atoms with Crippen LogP contribution in [0.15, 0.2) is 107 Å². The van der Waals surface area contributed by atoms with Gasteiger partial charge in [0.1, 0.15) is 11.5 Å². The number of hydrogen-bond acceptors (Lipinski definition) is 11. The Hall–Kier alpha value is -5.14. The first kappa shape index (κ1) is 42.0. The van der Waals surface area contributed by atoms with Gasteiger partial charge in [0.15, 0.2) is 0 Å². The number of halogens is 2. The van der Waals surface area contributed by atoms with E-state index < -0.39 is 0 Å². The van der Waals surface area contributed by atoms with E-state index >= 15 is 0 Å². The van der Waals surface area contributed by atoms with Crippen molar-refractivity contribution < 1.29 is 22.7 Å². The second-order valence-electron chi connectivity index (χ2n) is 14.4. The van der Waals surface area contributed by atoms with Gasteiger partial charge in [-0.05, 0) is 114 Å². The number of rotatable bonds is 22. The second kappa shape index (κ2) is 21.2. The smallest absolute Gasteiger partial charge is 0.249 e. The molecule has 3 aromatic heterocycles. The first-order valence-corrected chi connectivity index (χ1v) is 22.1. The van der Waals surface area contributed by atoms with Crippen LogP contribution in [0.2, 0.25) is 0 Å². The third kappa shape index (κ3) is 11.5. The van der Waals surface area contributed by atoms with Gasteiger partial charge in [0.05, 0.1) is 18.8 Å². The van der Waals surface area contributed by atoms with Crippen LogP contribution < -0.4 is 9.47 Å². The van der Waals surface area contributed by atoms with Gasteiger partial charge in [-0.15, -0.1) is 30.6 Å². The molecule has 0 saturated carbocycles. The van der Waals surface area contributed by atoms with Gasteiger partial charge in [-0.2, -0.15) is 0 Å². The van der Waals surface area contributed by atoms with Crippen LogP contribution in [-0.2, 0) is 0 Å². The average molecular weight is 925 g/mol. The largest absolute Gasteiger partial charge is 0.494 e. The van der Waals surface area contributed by atoms with Gasteiger partial charge in [0.25, 0.3) is 0 Å². The van der Waals surface area contributed by atoms with Crippen LogP contribution >= 0.6 is 31.9 Å². The summed E-state index contributed by atoms with van der Waals surface area (Å²) in [5.41, 5.74) is 4.09. The maximum Gasteiger partial charge on any atom is 0.249 e. The summed E-state index contributed by atoms with van der Waals surface area (Å²) in [5, 5.41) is 26.4. The fraction of sp³-hybridized carbons (Fsp3) is 0.348. The summed E-state index contributed by atoms with van der Waals surface area (Å²) in [6.07, 6.45) is 14.6. The van der Waals surface area contributed by atoms with E-state index in [1.165, 1.54) is 64.2 Å². The van der Waals surface area contributed by atoms with Crippen LogP contribution in [0.4, 0.5) is 0 Å². The van der Waals surface area contributed by atoms with Gasteiger partial charge >= 0.3 is 0 Å². The van der Waals surface area contributed by atoms with Crippen molar-refractivity contribution in [3.05, 3.63) is 93.9 Å². The molecule has 0 bridgehead atoms. The standard InChI is InChI=1S/C46H48Br2N6O5/c1-3-5-7-9-11-13-25-55-37-20-15-31(16-21-37)41-49-51-43(57-41)33-27-34(29-35(28-33)45-53-54-46(59-45)39-30-36(47)19-24-40(39)48)44-52-50-42(58-44)32-17-22-38(23-18-32)56-26-14-12-10-8-6-4-2/h15-24,27-30H,3-14,25-26H2,1-2H3. The molecule has 7 rings (SSSR count). The summed E-state index contributed by atoms with van der Waals surface area (Å²) < 4.78 is 32.4. The SMILES string of the molecule is CCCCCCCCOc1ccc(-c2nnc(-c3cc(-c4nnc(-c5ccc(OCCCCCCCC)cc5)o4)cc(-c4nnc(-c5cc(Br)ccc5Br)o4)c3)o2)cc1. The topological polar surface area (TPSA) is 135 Å². The molecule has 0 N–H and O–H groups in total. The number of hydrogen-bond donors (Lipinski definition) is 0. The minimum Gasteiger partial charge on any atom is -0.494 e. The zero-order valence-electron chi connectivity index (χ0n) is 33.5. The Balaban J connectivity index is 1.10. The minimum atomic E-state index is 0.280. The molecule has 0 radical (unpaired) electrons. The van der Waals surface area contributed by atoms with Crippen molar-refractivity contribution in [3.8, 4) is 80.2 Å². The van der Waals surface area contributed by atoms with E-state index in [-0.39, 0.29) is 17.7 Å². The highest BCUT2D eigenvalue weighted by Gasteiger charge is 2.20. The van der Waals surface area contributed by atoms with Crippen LogP contribution in [0.5, 0.6) is 11.5 Å². The molecule has 0 fully saturated rings. The van der Waals surface area contributed by atoms with E-state index in [1.54, 1.807) is 0 Å². The maximum absolute atomic E-state index is 6.25. The molecule has 0 unspecified atom stereocenters. The Labute approximate surface area is 361 Å². The summed E-state index contributed by atoms with van der Waals surface area (Å²) in [7, 11) is 0. The Morgan fingerprint density at radius 3 is 1.22 bits per heavy atom. The molecule has 11 nitrogen and oxygen atoms in total. The predicted molar refractivity (Wildman–Crippen MR) is 236 cm³/mol. The fourth-order valence-electron chi connectivity index (χ4n) is 6.55. The van der Waals surface area contributed by atoms with Crippen molar-refractivity contribution in [2.45, 2.75) is 90.9 Å². The molecule has 7 aromatic rings. The van der Waals surface area contributed by atoms with Gasteiger partial charge in [-0.25, -0.2) is 0 Å². The zero-order chi connectivity index (χ0) is 40.8. The van der Waals surface area contributed by atoms with Crippen molar-refractivity contribution in [1.82, 2.24) is 30.6 Å². The molecule has 4 aromatic carbocycles. The van der Waals surface area contributed by atoms with E-state index in [2.05, 4.69) is 76.3 Å². The van der Waals surface area contributed by atoms with Gasteiger partial charge in [-0.1, -0.05) is 94.0 Å². The Morgan fingerprint density at radius 1 is 0.407 bits per heavy atom. The van der Waals surface area contributed by atoms with Crippen molar-refractivity contribution in [3.63, 3.8) is 0 Å². The van der Waals surface area contributed by atoms with Gasteiger partial charge in [0, 0.05) is 36.8 Å². The molecule has 306 valence electrons. The van der Waals surface area contributed by atoms with Crippen molar-refractivity contribution in [2.24, 2.45) is 0 Å². The maximum atomic E-state index is 6.25. The number of ether oxygens (including phenoxy) is 2. The van der Waals surface area contributed by atoms with Crippen molar-refractivity contribution in [1.29, 1.82) is 0 Å². The van der Waals surface area contributed by atoms with E-state index in [9.17, 15) is 0 Å². The van der Waals surface area contributed by atoms with Crippen LogP contribution in [-0.4, -0.2) is 43.8 Å². The average Bonchev–Trinajstić information content (AvgIpc) is 4.07. The first-order chi connectivity index (χ1) is 29.0. The van der Waals surface area contributed by atoms with Crippen LogP contribution in [0.25, 0.3) is 68.7 Å². The highest BCUT2D eigenvalue weighted by molar-refractivity contribution is 9.11. The molecule has 0 spiro atoms. The normalized spacial score (nSPS) is 11.3. The molecule has 0 aliphatic heterocycles. The third-order valence-electron chi connectivity index (χ3n) is 9.84. The third-order valence-corrected chi connectivity index (χ3v) is 11.0. The second-order valence-corrected chi connectivity index (χ2v) is 16.2. The molecule has 0 amide bonds. The lowest BCUT2D eigenvalue weighted by molar-refractivity contribution is 0.304. The van der Waals surface area contributed by atoms with Crippen LogP contribution in [0, 0.1) is 0 Å². The molecule has 13 heteroatoms. The van der Waals surface area contributed by atoms with Crippen molar-refractivity contribution >= 4 is 31.9 Å². The van der Waals surface area contributed by atoms with Gasteiger partial charge in [0.2, 0.25) is 35.3 Å². The Morgan fingerprint density at radius 2 is 0.780 bits per heavy atom. The summed E-state index contributed by atoms with van der Waals surface area (Å²) in [6, 6.07) is 26.7. The molecule has 59 heavy (non-hydrogen) atoms. The summed E-state index contributed by atoms with van der Waals surface area (Å²) >= 11 is 7.13. The van der Waals surface area contributed by atoms with Gasteiger partial charge < -0.3 is 22.7 Å². The van der Waals surface area contributed by atoms with E-state index in [0.29, 0.717) is 47.6 Å². The molecule has 0 saturated heterocycles. The van der Waals surface area contributed by atoms with Crippen LogP contribution in [0.1, 0.15) is 90.9 Å². The number of benzene rings is 4. The Kier molecular flexibility index (Phi) is 15.1. The minimum absolute atomic E-state index is 0.280. The van der Waals surface area contributed by atoms with Crippen LogP contribution in [0.3, 0.4) is 0 Å². The molecular formula is C46H48Br2N6O5. The summed E-state index contributed by atoms with van der Waals surface area (Å²) in [6.45, 7) is 5.85. The van der Waals surface area contributed by atoms with Gasteiger partial charge in [-0.3, -0.25) is 0 Å². The number of unbranched alkanes of at least 4 members (excludes halogenated alkanes) is 10. The molecule has 0 aliphatic rings. The highest BCUT2D eigenvalue weighted by Crippen LogP contribution is 2.36. The Bertz CT molecular complexity index is 2260. The molecule has 0 aliphatic carbocycles. The predicted octanol–water partition coefficient (Wildman–Crippen LogP) is 13.8. The highest BCUT2D eigenvalue weighted by atomic mass is 79.9. The molecule has 0 atom stereocenters. The first-order valence-electron chi connectivity index (χ1n) is 20.6. The van der Waals surface area contributed by atoms with E-state index in [0.717, 1.165) is 50.0 Å². The monoisotopic (exact) mass is 922 g/mol. The zero-order valence-corrected chi connectivity index (χ0v) is 36.6. The number of nitrogens with zero attached hydrogens (tertiary/aromatic N) is 6. The summed E-state index contributed by atoms with van der Waals surface area (Å²) in [4.78, 5) is 0. The summed E-state index contributed by atoms with van der Waals surface area (Å²) in [5.74, 6) is 3.55. The molecule has 3 heterocycles. The lowest BCUT2D eigenvalue weighted by Crippen LogP contribution is -1.97. The van der Waals surface area contributed by atoms with E-state index in [1.807, 2.05) is 84.9 Å². The lowest BCUT2D eigenvalue weighted by atomic mass is 10.1. The lowest BCUT2D eigenvalue weighted by Gasteiger charge is -2.06.